The molecule has 0 bridgehead atoms. The number of hydrogen-bond donors (Lipinski definition) is 0. The van der Waals surface area contributed by atoms with Crippen molar-refractivity contribution in [2.24, 2.45) is 0 Å². The number of rotatable bonds is 2. The first-order chi connectivity index (χ1) is 7.16. The molecule has 0 aliphatic heterocycles. The standard InChI is InChI=1S/C11H7F2IO/c12-11(13)15-8-5-7-3-1-2-4-9(7)10(14)6-8/h1-6,11H. The van der Waals surface area contributed by atoms with Gasteiger partial charge in [-0.15, -0.1) is 0 Å². The van der Waals surface area contributed by atoms with Crippen molar-refractivity contribution >= 4 is 33.4 Å². The topological polar surface area (TPSA) is 9.23 Å². The lowest BCUT2D eigenvalue weighted by Crippen LogP contribution is -2.01. The Morgan fingerprint density at radius 2 is 1.87 bits per heavy atom. The second kappa shape index (κ2) is 4.30. The van der Waals surface area contributed by atoms with Gasteiger partial charge in [0.05, 0.1) is 0 Å². The molecule has 15 heavy (non-hydrogen) atoms. The molecule has 78 valence electrons. The number of benzene rings is 2. The lowest BCUT2D eigenvalue weighted by atomic mass is 10.1. The fourth-order valence-corrected chi connectivity index (χ4v) is 2.21. The third kappa shape index (κ3) is 2.37. The zero-order valence-electron chi connectivity index (χ0n) is 7.58. The fraction of sp³-hybridized carbons (Fsp3) is 0.0909. The van der Waals surface area contributed by atoms with Crippen LogP contribution in [-0.4, -0.2) is 6.61 Å². The first-order valence-electron chi connectivity index (χ1n) is 4.30. The number of ether oxygens (including phenoxy) is 1. The van der Waals surface area contributed by atoms with Crippen molar-refractivity contribution in [1.29, 1.82) is 0 Å². The van der Waals surface area contributed by atoms with Gasteiger partial charge in [0.15, 0.2) is 0 Å². The predicted molar refractivity (Wildman–Crippen MR) is 63.3 cm³/mol. The van der Waals surface area contributed by atoms with E-state index in [0.29, 0.717) is 0 Å². The highest BCUT2D eigenvalue weighted by Crippen LogP contribution is 2.27. The summed E-state index contributed by atoms with van der Waals surface area (Å²) in [5.41, 5.74) is 0. The van der Waals surface area contributed by atoms with Crippen molar-refractivity contribution in [3.05, 3.63) is 40.0 Å². The van der Waals surface area contributed by atoms with Crippen LogP contribution in [0.4, 0.5) is 8.78 Å². The van der Waals surface area contributed by atoms with E-state index >= 15 is 0 Å². The van der Waals surface area contributed by atoms with Crippen molar-refractivity contribution in [3.8, 4) is 5.75 Å². The van der Waals surface area contributed by atoms with Crippen molar-refractivity contribution in [2.45, 2.75) is 6.61 Å². The molecule has 0 heterocycles. The summed E-state index contributed by atoms with van der Waals surface area (Å²) in [5.74, 6) is 0.202. The van der Waals surface area contributed by atoms with E-state index in [9.17, 15) is 8.78 Å². The Labute approximate surface area is 99.2 Å². The van der Waals surface area contributed by atoms with Gasteiger partial charge in [0.1, 0.15) is 5.75 Å². The summed E-state index contributed by atoms with van der Waals surface area (Å²) in [7, 11) is 0. The Morgan fingerprint density at radius 1 is 1.13 bits per heavy atom. The van der Waals surface area contributed by atoms with Crippen LogP contribution >= 0.6 is 22.6 Å². The predicted octanol–water partition coefficient (Wildman–Crippen LogP) is 4.05. The van der Waals surface area contributed by atoms with Crippen LogP contribution in [0.25, 0.3) is 10.8 Å². The molecule has 0 unspecified atom stereocenters. The van der Waals surface area contributed by atoms with Crippen molar-refractivity contribution in [2.75, 3.05) is 0 Å². The summed E-state index contributed by atoms with van der Waals surface area (Å²) in [4.78, 5) is 0. The summed E-state index contributed by atoms with van der Waals surface area (Å²) < 4.78 is 29.3. The van der Waals surface area contributed by atoms with E-state index < -0.39 is 6.61 Å². The van der Waals surface area contributed by atoms with Crippen LogP contribution in [0.3, 0.4) is 0 Å². The lowest BCUT2D eigenvalue weighted by Gasteiger charge is -2.07. The van der Waals surface area contributed by atoms with Crippen molar-refractivity contribution in [3.63, 3.8) is 0 Å². The first-order valence-corrected chi connectivity index (χ1v) is 5.38. The molecule has 2 rings (SSSR count). The minimum absolute atomic E-state index is 0.202. The molecule has 0 aliphatic carbocycles. The van der Waals surface area contributed by atoms with E-state index in [1.54, 1.807) is 12.1 Å². The van der Waals surface area contributed by atoms with Gasteiger partial charge in [0.25, 0.3) is 0 Å². The normalized spacial score (nSPS) is 10.9. The number of fused-ring (bicyclic) bond motifs is 1. The zero-order chi connectivity index (χ0) is 10.8. The van der Waals surface area contributed by atoms with Crippen molar-refractivity contribution in [1.82, 2.24) is 0 Å². The van der Waals surface area contributed by atoms with Gasteiger partial charge in [-0.1, -0.05) is 24.3 Å². The third-order valence-corrected chi connectivity index (χ3v) is 2.90. The van der Waals surface area contributed by atoms with Gasteiger partial charge in [-0.3, -0.25) is 0 Å². The molecule has 0 radical (unpaired) electrons. The molecule has 2 aromatic rings. The quantitative estimate of drug-likeness (QED) is 0.759. The van der Waals surface area contributed by atoms with Crippen molar-refractivity contribution < 1.29 is 13.5 Å². The molecule has 0 saturated carbocycles. The van der Waals surface area contributed by atoms with E-state index in [1.165, 1.54) is 0 Å². The SMILES string of the molecule is FC(F)Oc1cc(I)c2ccccc2c1. The number of halogens is 3. The second-order valence-electron chi connectivity index (χ2n) is 3.00. The van der Waals surface area contributed by atoms with Crippen LogP contribution < -0.4 is 4.74 Å². The Balaban J connectivity index is 2.52. The van der Waals surface area contributed by atoms with Crippen LogP contribution in [0.2, 0.25) is 0 Å². The minimum Gasteiger partial charge on any atom is -0.435 e. The van der Waals surface area contributed by atoms with Crippen LogP contribution in [0.15, 0.2) is 36.4 Å². The molecule has 0 N–H and O–H groups in total. The smallest absolute Gasteiger partial charge is 0.387 e. The lowest BCUT2D eigenvalue weighted by molar-refractivity contribution is -0.0497. The van der Waals surface area contributed by atoms with Crippen LogP contribution in [0, 0.1) is 3.57 Å². The maximum absolute atomic E-state index is 12.0. The average molecular weight is 320 g/mol. The number of alkyl halides is 2. The molecule has 0 fully saturated rings. The largest absolute Gasteiger partial charge is 0.435 e. The Kier molecular flexibility index (Phi) is 3.04. The molecule has 0 atom stereocenters. The summed E-state index contributed by atoms with van der Waals surface area (Å²) in [5, 5.41) is 1.94. The Morgan fingerprint density at radius 3 is 2.60 bits per heavy atom. The molecule has 0 spiro atoms. The molecular weight excluding hydrogens is 313 g/mol. The molecule has 4 heteroatoms. The average Bonchev–Trinajstić information content (AvgIpc) is 2.16. The summed E-state index contributed by atoms with van der Waals surface area (Å²) in [6.07, 6.45) is 0. The van der Waals surface area contributed by atoms with E-state index in [4.69, 9.17) is 0 Å². The molecule has 0 aliphatic rings. The maximum atomic E-state index is 12.0. The summed E-state index contributed by atoms with van der Waals surface area (Å²) in [6.45, 7) is -2.78. The van der Waals surface area contributed by atoms with Gasteiger partial charge >= 0.3 is 6.61 Å². The Bertz CT molecular complexity index is 485. The second-order valence-corrected chi connectivity index (χ2v) is 4.17. The monoisotopic (exact) mass is 320 g/mol. The molecule has 0 amide bonds. The first kappa shape index (κ1) is 10.6. The maximum Gasteiger partial charge on any atom is 0.387 e. The highest BCUT2D eigenvalue weighted by molar-refractivity contribution is 14.1. The van der Waals surface area contributed by atoms with E-state index in [1.807, 2.05) is 24.3 Å². The fourth-order valence-electron chi connectivity index (χ4n) is 1.41. The van der Waals surface area contributed by atoms with E-state index in [-0.39, 0.29) is 5.75 Å². The zero-order valence-corrected chi connectivity index (χ0v) is 9.74. The number of hydrogen-bond acceptors (Lipinski definition) is 1. The van der Waals surface area contributed by atoms with E-state index in [0.717, 1.165) is 14.3 Å². The third-order valence-electron chi connectivity index (χ3n) is 2.01. The highest BCUT2D eigenvalue weighted by Gasteiger charge is 2.07. The van der Waals surface area contributed by atoms with E-state index in [2.05, 4.69) is 27.3 Å². The Hall–Kier alpha value is -0.910. The van der Waals surface area contributed by atoms with Gasteiger partial charge in [0.2, 0.25) is 0 Å². The molecule has 1 nitrogen and oxygen atoms in total. The minimum atomic E-state index is -2.78. The molecule has 0 aromatic heterocycles. The van der Waals surface area contributed by atoms with Gasteiger partial charge in [-0.2, -0.15) is 8.78 Å². The van der Waals surface area contributed by atoms with Gasteiger partial charge in [0, 0.05) is 3.57 Å². The van der Waals surface area contributed by atoms with Gasteiger partial charge in [-0.25, -0.2) is 0 Å². The van der Waals surface area contributed by atoms with Gasteiger partial charge < -0.3 is 4.74 Å². The molecule has 2 aromatic carbocycles. The summed E-state index contributed by atoms with van der Waals surface area (Å²) in [6, 6.07) is 10.8. The van der Waals surface area contributed by atoms with Crippen LogP contribution in [0.1, 0.15) is 0 Å². The van der Waals surface area contributed by atoms with Gasteiger partial charge in [-0.05, 0) is 45.5 Å². The molecular formula is C11H7F2IO. The van der Waals surface area contributed by atoms with Crippen LogP contribution in [0.5, 0.6) is 5.75 Å². The molecule has 0 saturated heterocycles. The summed E-state index contributed by atoms with van der Waals surface area (Å²) >= 11 is 2.11. The highest BCUT2D eigenvalue weighted by atomic mass is 127. The van der Waals surface area contributed by atoms with Crippen LogP contribution in [-0.2, 0) is 0 Å².